The van der Waals surface area contributed by atoms with Crippen LogP contribution in [0.25, 0.3) is 10.8 Å². The van der Waals surface area contributed by atoms with Crippen molar-refractivity contribution in [2.45, 2.75) is 72.9 Å². The number of rotatable bonds is 9. The number of ether oxygens (including phenoxy) is 1. The number of benzene rings is 1. The molecule has 0 aliphatic carbocycles. The molecule has 8 heteroatoms. The van der Waals surface area contributed by atoms with Crippen LogP contribution < -0.4 is 5.32 Å². The van der Waals surface area contributed by atoms with Gasteiger partial charge >= 0.3 is 6.03 Å². The molecule has 0 saturated carbocycles. The number of aromatic nitrogens is 2. The van der Waals surface area contributed by atoms with E-state index in [1.165, 1.54) is 13.8 Å². The Morgan fingerprint density at radius 3 is 2.49 bits per heavy atom. The second-order valence-electron chi connectivity index (χ2n) is 9.47. The van der Waals surface area contributed by atoms with Gasteiger partial charge in [-0.15, -0.1) is 0 Å². The normalized spacial score (nSPS) is 10.8. The Morgan fingerprint density at radius 1 is 1.15 bits per heavy atom. The molecule has 212 valence electrons. The third-order valence-corrected chi connectivity index (χ3v) is 6.52. The Morgan fingerprint density at radius 2 is 1.85 bits per heavy atom. The van der Waals surface area contributed by atoms with Crippen molar-refractivity contribution in [3.63, 3.8) is 0 Å². The Labute approximate surface area is 238 Å². The second kappa shape index (κ2) is 17.9. The Kier molecular flexibility index (Phi) is 15.5. The van der Waals surface area contributed by atoms with Gasteiger partial charge in [-0.3, -0.25) is 9.97 Å². The number of hydrogen-bond acceptors (Lipinski definition) is 5. The van der Waals surface area contributed by atoms with Crippen LogP contribution in [-0.4, -0.2) is 46.9 Å². The van der Waals surface area contributed by atoms with E-state index in [-0.39, 0.29) is 17.9 Å². The minimum absolute atomic E-state index is 0.0787. The van der Waals surface area contributed by atoms with Gasteiger partial charge in [0.2, 0.25) is 0 Å². The second-order valence-corrected chi connectivity index (χ2v) is 9.85. The van der Waals surface area contributed by atoms with Crippen LogP contribution in [-0.2, 0) is 16.1 Å². The SMILES string of the molecule is C=C(CCCC(CC)N(C)C(=O)NCc1cccc(C)c1Cl)OC.CC(C)=O.Cc1cc2cnccc2cn1. The van der Waals surface area contributed by atoms with E-state index in [4.69, 9.17) is 16.3 Å². The fourth-order valence-corrected chi connectivity index (χ4v) is 3.90. The lowest BCUT2D eigenvalue weighted by Crippen LogP contribution is -2.43. The summed E-state index contributed by atoms with van der Waals surface area (Å²) in [6.45, 7) is 13.3. The summed E-state index contributed by atoms with van der Waals surface area (Å²) in [7, 11) is 3.47. The number of carbonyl (C=O) groups excluding carboxylic acids is 2. The van der Waals surface area contributed by atoms with Crippen molar-refractivity contribution in [2.75, 3.05) is 14.2 Å². The van der Waals surface area contributed by atoms with E-state index in [0.29, 0.717) is 11.6 Å². The van der Waals surface area contributed by atoms with E-state index < -0.39 is 0 Å². The minimum atomic E-state index is -0.0787. The van der Waals surface area contributed by atoms with E-state index in [1.54, 1.807) is 18.2 Å². The lowest BCUT2D eigenvalue weighted by atomic mass is 10.1. The number of aryl methyl sites for hydroxylation is 2. The fraction of sp³-hybridized carbons (Fsp3) is 0.419. The summed E-state index contributed by atoms with van der Waals surface area (Å²) in [6, 6.07) is 9.95. The van der Waals surface area contributed by atoms with Gasteiger partial charge in [0.1, 0.15) is 5.78 Å². The number of ketones is 1. The summed E-state index contributed by atoms with van der Waals surface area (Å²) in [5.74, 6) is 0.950. The first-order valence-electron chi connectivity index (χ1n) is 13.1. The lowest BCUT2D eigenvalue weighted by molar-refractivity contribution is -0.115. The van der Waals surface area contributed by atoms with E-state index in [2.05, 4.69) is 28.8 Å². The molecule has 1 aromatic carbocycles. The molecule has 0 spiro atoms. The largest absolute Gasteiger partial charge is 0.502 e. The zero-order valence-corrected chi connectivity index (χ0v) is 25.1. The molecule has 0 fully saturated rings. The first-order valence-corrected chi connectivity index (χ1v) is 13.5. The van der Waals surface area contributed by atoms with Crippen LogP contribution in [0.5, 0.6) is 0 Å². The van der Waals surface area contributed by atoms with Crippen LogP contribution in [0.2, 0.25) is 5.02 Å². The first kappa shape index (κ1) is 33.6. The smallest absolute Gasteiger partial charge is 0.317 e. The summed E-state index contributed by atoms with van der Waals surface area (Å²) in [5, 5.41) is 5.96. The molecule has 2 heterocycles. The Hall–Kier alpha value is -3.45. The van der Waals surface area contributed by atoms with Crippen molar-refractivity contribution in [1.82, 2.24) is 20.2 Å². The van der Waals surface area contributed by atoms with Crippen LogP contribution in [0.15, 0.2) is 61.3 Å². The number of methoxy groups -OCH3 is 1. The van der Waals surface area contributed by atoms with Crippen molar-refractivity contribution in [2.24, 2.45) is 0 Å². The number of nitrogens with zero attached hydrogens (tertiary/aromatic N) is 3. The number of hydrogen-bond donors (Lipinski definition) is 1. The van der Waals surface area contributed by atoms with Gasteiger partial charge in [0.05, 0.1) is 12.9 Å². The van der Waals surface area contributed by atoms with Crippen LogP contribution >= 0.6 is 11.6 Å². The summed E-state index contributed by atoms with van der Waals surface area (Å²) in [5.41, 5.74) is 2.98. The van der Waals surface area contributed by atoms with E-state index in [1.807, 2.05) is 63.6 Å². The average molecular weight is 555 g/mol. The molecule has 0 bridgehead atoms. The zero-order valence-electron chi connectivity index (χ0n) is 24.4. The zero-order chi connectivity index (χ0) is 29.4. The average Bonchev–Trinajstić information content (AvgIpc) is 2.91. The molecule has 0 saturated heterocycles. The number of fused-ring (bicyclic) bond motifs is 1. The number of allylic oxidation sites excluding steroid dienone is 1. The molecule has 1 atom stereocenters. The van der Waals surface area contributed by atoms with Crippen molar-refractivity contribution in [1.29, 1.82) is 0 Å². The highest BCUT2D eigenvalue weighted by atomic mass is 35.5. The van der Waals surface area contributed by atoms with E-state index in [9.17, 15) is 9.59 Å². The number of urea groups is 1. The Balaban J connectivity index is 0.000000412. The highest BCUT2D eigenvalue weighted by Gasteiger charge is 2.18. The third-order valence-electron chi connectivity index (χ3n) is 5.98. The molecule has 0 aliphatic rings. The molecular weight excluding hydrogens is 512 g/mol. The van der Waals surface area contributed by atoms with Crippen molar-refractivity contribution >= 4 is 34.2 Å². The topological polar surface area (TPSA) is 84.4 Å². The number of nitrogens with one attached hydrogen (secondary N) is 1. The van der Waals surface area contributed by atoms with Gasteiger partial charge in [-0.1, -0.05) is 43.3 Å². The summed E-state index contributed by atoms with van der Waals surface area (Å²) in [4.78, 5) is 31.8. The maximum Gasteiger partial charge on any atom is 0.317 e. The number of carbonyl (C=O) groups is 2. The van der Waals surface area contributed by atoms with Crippen molar-refractivity contribution < 1.29 is 14.3 Å². The van der Waals surface area contributed by atoms with Crippen LogP contribution in [0.1, 0.15) is 63.3 Å². The molecule has 39 heavy (non-hydrogen) atoms. The van der Waals surface area contributed by atoms with Gasteiger partial charge in [-0.05, 0) is 70.2 Å². The van der Waals surface area contributed by atoms with Crippen molar-refractivity contribution in [3.05, 3.63) is 83.1 Å². The standard InChI is InChI=1S/C19H29ClN2O2.C9H8N2.C3H6O/c1-6-17(12-8-10-15(3)24-5)22(4)19(23)21-13-16-11-7-9-14(2)18(16)20;1-7-4-9-5-10-3-2-8(9)6-11-7;1-3(2)4/h7,9,11,17H,3,6,8,10,12-13H2,1-2,4-5H3,(H,21,23);2-6H,1H3;1-2H3. The predicted molar refractivity (Wildman–Crippen MR) is 161 cm³/mol. The van der Waals surface area contributed by atoms with Crippen LogP contribution in [0.4, 0.5) is 4.79 Å². The van der Waals surface area contributed by atoms with E-state index >= 15 is 0 Å². The molecule has 2 amide bonds. The first-order chi connectivity index (χ1) is 18.5. The van der Waals surface area contributed by atoms with Gasteiger partial charge in [-0.2, -0.15) is 0 Å². The summed E-state index contributed by atoms with van der Waals surface area (Å²) >= 11 is 6.27. The molecule has 7 nitrogen and oxygen atoms in total. The number of pyridine rings is 2. The van der Waals surface area contributed by atoms with Crippen LogP contribution in [0.3, 0.4) is 0 Å². The molecule has 2 aromatic heterocycles. The van der Waals surface area contributed by atoms with Gasteiger partial charge in [-0.25, -0.2) is 4.79 Å². The molecule has 0 radical (unpaired) electrons. The molecule has 1 N–H and O–H groups in total. The third kappa shape index (κ3) is 12.8. The van der Waals surface area contributed by atoms with Gasteiger partial charge in [0.25, 0.3) is 0 Å². The molecule has 0 aliphatic heterocycles. The minimum Gasteiger partial charge on any atom is -0.502 e. The summed E-state index contributed by atoms with van der Waals surface area (Å²) < 4.78 is 5.08. The highest BCUT2D eigenvalue weighted by Crippen LogP contribution is 2.20. The van der Waals surface area contributed by atoms with E-state index in [0.717, 1.165) is 59.0 Å². The van der Waals surface area contributed by atoms with Gasteiger partial charge in [0.15, 0.2) is 0 Å². The number of Topliss-reactive ketones (excluding diaryl/α,β-unsaturated/α-hetero) is 1. The number of halogens is 1. The van der Waals surface area contributed by atoms with Gasteiger partial charge < -0.3 is 19.7 Å². The monoisotopic (exact) mass is 554 g/mol. The maximum atomic E-state index is 12.4. The molecule has 1 unspecified atom stereocenters. The quantitative estimate of drug-likeness (QED) is 0.278. The molecular formula is C31H43ClN4O3. The predicted octanol–water partition coefficient (Wildman–Crippen LogP) is 7.43. The maximum absolute atomic E-state index is 12.4. The lowest BCUT2D eigenvalue weighted by Gasteiger charge is -2.27. The Bertz CT molecular complexity index is 1210. The highest BCUT2D eigenvalue weighted by molar-refractivity contribution is 6.32. The fourth-order valence-electron chi connectivity index (χ4n) is 3.70. The molecule has 3 aromatic rings. The van der Waals surface area contributed by atoms with Crippen molar-refractivity contribution in [3.8, 4) is 0 Å². The van der Waals surface area contributed by atoms with Gasteiger partial charge in [0, 0.05) is 66.1 Å². The number of amides is 2. The molecule has 3 rings (SSSR count). The summed E-state index contributed by atoms with van der Waals surface area (Å²) in [6.07, 6.45) is 9.10. The van der Waals surface area contributed by atoms with Crippen LogP contribution in [0, 0.1) is 13.8 Å².